The van der Waals surface area contributed by atoms with E-state index in [-0.39, 0.29) is 0 Å². The molecular formula is C10H23NO. The summed E-state index contributed by atoms with van der Waals surface area (Å²) in [5, 5.41) is 8.58. The predicted octanol–water partition coefficient (Wildman–Crippen LogP) is 1.91. The van der Waals surface area contributed by atoms with E-state index in [1.54, 1.807) is 0 Å². The van der Waals surface area contributed by atoms with Crippen LogP contribution in [0.15, 0.2) is 0 Å². The highest BCUT2D eigenvalue weighted by atomic mass is 16.2. The summed E-state index contributed by atoms with van der Waals surface area (Å²) in [6, 6.07) is 0. The van der Waals surface area contributed by atoms with Crippen molar-refractivity contribution in [2.75, 3.05) is 13.2 Å². The Morgan fingerprint density at radius 1 is 1.08 bits per heavy atom. The molecule has 12 heavy (non-hydrogen) atoms. The van der Waals surface area contributed by atoms with E-state index in [2.05, 4.69) is 6.92 Å². The maximum absolute atomic E-state index is 8.58. The molecule has 0 aromatic heterocycles. The van der Waals surface area contributed by atoms with Gasteiger partial charge in [-0.15, -0.1) is 0 Å². The van der Waals surface area contributed by atoms with Crippen LogP contribution in [0.3, 0.4) is 0 Å². The van der Waals surface area contributed by atoms with Crippen LogP contribution in [0.25, 0.3) is 0 Å². The molecule has 1 unspecified atom stereocenters. The van der Waals surface area contributed by atoms with E-state index < -0.39 is 0 Å². The van der Waals surface area contributed by atoms with Crippen molar-refractivity contribution in [3.05, 3.63) is 0 Å². The minimum atomic E-state index is 0.343. The molecule has 0 radical (unpaired) electrons. The maximum Gasteiger partial charge on any atom is 0.0431 e. The van der Waals surface area contributed by atoms with Crippen LogP contribution in [-0.2, 0) is 0 Å². The Hall–Kier alpha value is -0.0800. The third-order valence-electron chi connectivity index (χ3n) is 2.26. The van der Waals surface area contributed by atoms with Gasteiger partial charge in [0.2, 0.25) is 0 Å². The van der Waals surface area contributed by atoms with Crippen LogP contribution in [-0.4, -0.2) is 18.3 Å². The first kappa shape index (κ1) is 11.9. The summed E-state index contributed by atoms with van der Waals surface area (Å²) in [7, 11) is 0. The molecule has 2 heteroatoms. The zero-order chi connectivity index (χ0) is 9.23. The molecule has 0 saturated heterocycles. The van der Waals surface area contributed by atoms with Crippen molar-refractivity contribution in [3.63, 3.8) is 0 Å². The number of aliphatic hydroxyl groups is 1. The largest absolute Gasteiger partial charge is 0.396 e. The molecule has 0 heterocycles. The van der Waals surface area contributed by atoms with Gasteiger partial charge in [0.05, 0.1) is 0 Å². The summed E-state index contributed by atoms with van der Waals surface area (Å²) >= 11 is 0. The van der Waals surface area contributed by atoms with Gasteiger partial charge < -0.3 is 10.8 Å². The monoisotopic (exact) mass is 173 g/mol. The molecule has 0 amide bonds. The summed E-state index contributed by atoms with van der Waals surface area (Å²) in [6.07, 6.45) is 7.09. The molecule has 74 valence electrons. The SMILES string of the molecule is CC(CCCCN)CCCCO. The van der Waals surface area contributed by atoms with Gasteiger partial charge in [0.1, 0.15) is 0 Å². The number of rotatable bonds is 8. The first-order chi connectivity index (χ1) is 5.81. The van der Waals surface area contributed by atoms with Crippen molar-refractivity contribution in [3.8, 4) is 0 Å². The van der Waals surface area contributed by atoms with Crippen LogP contribution in [0.5, 0.6) is 0 Å². The van der Waals surface area contributed by atoms with Crippen LogP contribution >= 0.6 is 0 Å². The standard InChI is InChI=1S/C10H23NO/c1-10(6-2-4-8-11)7-3-5-9-12/h10,12H,2-9,11H2,1H3. The Kier molecular flexibility index (Phi) is 8.95. The highest BCUT2D eigenvalue weighted by Crippen LogP contribution is 2.14. The fraction of sp³-hybridized carbons (Fsp3) is 1.00. The summed E-state index contributed by atoms with van der Waals surface area (Å²) in [4.78, 5) is 0. The summed E-state index contributed by atoms with van der Waals surface area (Å²) in [5.74, 6) is 0.808. The van der Waals surface area contributed by atoms with E-state index >= 15 is 0 Å². The molecule has 0 aromatic rings. The van der Waals surface area contributed by atoms with Gasteiger partial charge in [-0.2, -0.15) is 0 Å². The van der Waals surface area contributed by atoms with Crippen molar-refractivity contribution in [1.29, 1.82) is 0 Å². The van der Waals surface area contributed by atoms with Gasteiger partial charge in [0.15, 0.2) is 0 Å². The number of hydrogen-bond acceptors (Lipinski definition) is 2. The lowest BCUT2D eigenvalue weighted by Crippen LogP contribution is -2.01. The minimum absolute atomic E-state index is 0.343. The van der Waals surface area contributed by atoms with Crippen LogP contribution in [0.1, 0.15) is 45.4 Å². The van der Waals surface area contributed by atoms with Gasteiger partial charge in [0, 0.05) is 6.61 Å². The number of hydrogen-bond donors (Lipinski definition) is 2. The molecule has 0 aliphatic heterocycles. The Balaban J connectivity index is 3.04. The third-order valence-corrected chi connectivity index (χ3v) is 2.26. The van der Waals surface area contributed by atoms with Gasteiger partial charge >= 0.3 is 0 Å². The second-order valence-corrected chi connectivity index (χ2v) is 3.61. The summed E-state index contributed by atoms with van der Waals surface area (Å²) < 4.78 is 0. The topological polar surface area (TPSA) is 46.2 Å². The molecule has 3 N–H and O–H groups in total. The zero-order valence-corrected chi connectivity index (χ0v) is 8.26. The molecule has 0 saturated carbocycles. The van der Waals surface area contributed by atoms with Gasteiger partial charge in [-0.25, -0.2) is 0 Å². The maximum atomic E-state index is 8.58. The first-order valence-electron chi connectivity index (χ1n) is 5.12. The van der Waals surface area contributed by atoms with E-state index in [0.29, 0.717) is 6.61 Å². The molecule has 0 spiro atoms. The molecule has 0 fully saturated rings. The lowest BCUT2D eigenvalue weighted by Gasteiger charge is -2.09. The minimum Gasteiger partial charge on any atom is -0.396 e. The average Bonchev–Trinajstić information content (AvgIpc) is 2.06. The van der Waals surface area contributed by atoms with Gasteiger partial charge in [-0.3, -0.25) is 0 Å². The molecule has 0 aromatic carbocycles. The second-order valence-electron chi connectivity index (χ2n) is 3.61. The Bertz CT molecular complexity index is 75.9. The Morgan fingerprint density at radius 2 is 1.67 bits per heavy atom. The lowest BCUT2D eigenvalue weighted by molar-refractivity contribution is 0.277. The van der Waals surface area contributed by atoms with Crippen molar-refractivity contribution in [1.82, 2.24) is 0 Å². The Labute approximate surface area is 76.2 Å². The average molecular weight is 173 g/mol. The van der Waals surface area contributed by atoms with E-state index in [1.807, 2.05) is 0 Å². The quantitative estimate of drug-likeness (QED) is 0.551. The van der Waals surface area contributed by atoms with E-state index in [9.17, 15) is 0 Å². The number of unbranched alkanes of at least 4 members (excludes halogenated alkanes) is 2. The van der Waals surface area contributed by atoms with Crippen molar-refractivity contribution >= 4 is 0 Å². The van der Waals surface area contributed by atoms with Gasteiger partial charge in [-0.05, 0) is 25.3 Å². The molecule has 0 rings (SSSR count). The van der Waals surface area contributed by atoms with E-state index in [4.69, 9.17) is 10.8 Å². The molecule has 0 bridgehead atoms. The smallest absolute Gasteiger partial charge is 0.0431 e. The van der Waals surface area contributed by atoms with Crippen LogP contribution in [0, 0.1) is 5.92 Å². The van der Waals surface area contributed by atoms with Gasteiger partial charge in [0.25, 0.3) is 0 Å². The molecule has 2 nitrogen and oxygen atoms in total. The predicted molar refractivity (Wildman–Crippen MR) is 53.0 cm³/mol. The summed E-state index contributed by atoms with van der Waals surface area (Å²) in [6.45, 7) is 3.45. The third kappa shape index (κ3) is 8.02. The lowest BCUT2D eigenvalue weighted by atomic mass is 9.98. The normalized spacial score (nSPS) is 13.2. The first-order valence-corrected chi connectivity index (χ1v) is 5.12. The molecular weight excluding hydrogens is 150 g/mol. The summed E-state index contributed by atoms with van der Waals surface area (Å²) in [5.41, 5.74) is 5.40. The van der Waals surface area contributed by atoms with Crippen molar-refractivity contribution < 1.29 is 5.11 Å². The van der Waals surface area contributed by atoms with Crippen molar-refractivity contribution in [2.45, 2.75) is 45.4 Å². The number of nitrogens with two attached hydrogens (primary N) is 1. The molecule has 0 aliphatic carbocycles. The number of aliphatic hydroxyl groups excluding tert-OH is 1. The Morgan fingerprint density at radius 3 is 2.17 bits per heavy atom. The highest BCUT2D eigenvalue weighted by Gasteiger charge is 2.00. The van der Waals surface area contributed by atoms with Gasteiger partial charge in [-0.1, -0.05) is 32.6 Å². The van der Waals surface area contributed by atoms with Crippen LogP contribution in [0.4, 0.5) is 0 Å². The van der Waals surface area contributed by atoms with E-state index in [1.165, 1.54) is 25.7 Å². The van der Waals surface area contributed by atoms with Crippen LogP contribution < -0.4 is 5.73 Å². The fourth-order valence-electron chi connectivity index (χ4n) is 1.39. The molecule has 0 aliphatic rings. The van der Waals surface area contributed by atoms with Crippen LogP contribution in [0.2, 0.25) is 0 Å². The second kappa shape index (κ2) is 9.01. The zero-order valence-electron chi connectivity index (χ0n) is 8.26. The fourth-order valence-corrected chi connectivity index (χ4v) is 1.39. The van der Waals surface area contributed by atoms with E-state index in [0.717, 1.165) is 25.3 Å². The highest BCUT2D eigenvalue weighted by molar-refractivity contribution is 4.54. The molecule has 1 atom stereocenters. The van der Waals surface area contributed by atoms with Crippen molar-refractivity contribution in [2.24, 2.45) is 11.7 Å².